The quantitative estimate of drug-likeness (QED) is 0.838. The Bertz CT molecular complexity index is 739. The van der Waals surface area contributed by atoms with Crippen LogP contribution in [0.25, 0.3) is 0 Å². The largest absolute Gasteiger partial charge is 0.448 e. The third kappa shape index (κ3) is 3.30. The summed E-state index contributed by atoms with van der Waals surface area (Å²) in [6.07, 6.45) is 9.01. The van der Waals surface area contributed by atoms with Crippen molar-refractivity contribution in [2.75, 3.05) is 31.1 Å². The van der Waals surface area contributed by atoms with Gasteiger partial charge in [0.2, 0.25) is 5.95 Å². The minimum Gasteiger partial charge on any atom is -0.448 e. The van der Waals surface area contributed by atoms with Crippen molar-refractivity contribution in [3.05, 3.63) is 36.3 Å². The minimum absolute atomic E-state index is 0.0215. The molecule has 1 atom stereocenters. The maximum atomic E-state index is 12.7. The number of piperidine rings is 1. The molecule has 0 saturated carbocycles. The Labute approximate surface area is 153 Å². The fourth-order valence-corrected chi connectivity index (χ4v) is 4.23. The Balaban J connectivity index is 1.33. The van der Waals surface area contributed by atoms with Crippen LogP contribution in [-0.2, 0) is 6.42 Å². The predicted octanol–water partition coefficient (Wildman–Crippen LogP) is 2.41. The van der Waals surface area contributed by atoms with Gasteiger partial charge in [-0.15, -0.1) is 0 Å². The molecule has 0 N–H and O–H groups in total. The molecule has 0 aromatic carbocycles. The third-order valence-electron chi connectivity index (χ3n) is 5.72. The van der Waals surface area contributed by atoms with E-state index in [9.17, 15) is 4.79 Å². The van der Waals surface area contributed by atoms with E-state index in [0.29, 0.717) is 29.7 Å². The first-order valence-electron chi connectivity index (χ1n) is 9.50. The number of aryl methyl sites for hydroxylation is 1. The number of hydrogen-bond donors (Lipinski definition) is 0. The molecule has 2 aromatic rings. The van der Waals surface area contributed by atoms with E-state index in [2.05, 4.69) is 19.9 Å². The molecule has 26 heavy (non-hydrogen) atoms. The van der Waals surface area contributed by atoms with Gasteiger partial charge in [-0.1, -0.05) is 6.92 Å². The zero-order chi connectivity index (χ0) is 17.9. The van der Waals surface area contributed by atoms with Crippen LogP contribution in [0.4, 0.5) is 5.95 Å². The summed E-state index contributed by atoms with van der Waals surface area (Å²) in [5.41, 5.74) is 0.490. The summed E-state index contributed by atoms with van der Waals surface area (Å²) >= 11 is 0. The maximum Gasteiger partial charge on any atom is 0.276 e. The SMILES string of the molecule is CCc1ocnc1C(=O)N1CC[C@H](C2CCN(c3ncccn3)CC2)C1. The van der Waals surface area contributed by atoms with Crippen molar-refractivity contribution in [1.29, 1.82) is 0 Å². The van der Waals surface area contributed by atoms with Crippen LogP contribution in [0.3, 0.4) is 0 Å². The highest BCUT2D eigenvalue weighted by atomic mass is 16.3. The molecule has 2 fully saturated rings. The van der Waals surface area contributed by atoms with Crippen LogP contribution >= 0.6 is 0 Å². The fraction of sp³-hybridized carbons (Fsp3) is 0.579. The zero-order valence-electron chi connectivity index (χ0n) is 15.2. The molecule has 7 nitrogen and oxygen atoms in total. The highest BCUT2D eigenvalue weighted by molar-refractivity contribution is 5.93. The number of likely N-dealkylation sites (tertiary alicyclic amines) is 1. The number of aromatic nitrogens is 3. The highest BCUT2D eigenvalue weighted by Gasteiger charge is 2.35. The molecular weight excluding hydrogens is 330 g/mol. The van der Waals surface area contributed by atoms with Crippen molar-refractivity contribution >= 4 is 11.9 Å². The summed E-state index contributed by atoms with van der Waals surface area (Å²) in [5, 5.41) is 0. The first-order chi connectivity index (χ1) is 12.8. The molecule has 1 amide bonds. The van der Waals surface area contributed by atoms with Gasteiger partial charge in [0.15, 0.2) is 12.1 Å². The van der Waals surface area contributed by atoms with Gasteiger partial charge in [-0.25, -0.2) is 15.0 Å². The third-order valence-corrected chi connectivity index (χ3v) is 5.72. The Hall–Kier alpha value is -2.44. The van der Waals surface area contributed by atoms with Crippen molar-refractivity contribution in [3.63, 3.8) is 0 Å². The molecular formula is C19H25N5O2. The van der Waals surface area contributed by atoms with Gasteiger partial charge in [0.25, 0.3) is 5.91 Å². The minimum atomic E-state index is 0.0215. The van der Waals surface area contributed by atoms with Crippen LogP contribution in [-0.4, -0.2) is 51.9 Å². The number of anilines is 1. The summed E-state index contributed by atoms with van der Waals surface area (Å²) in [6.45, 7) is 5.61. The molecule has 2 aliphatic rings. The van der Waals surface area contributed by atoms with Crippen LogP contribution in [0.2, 0.25) is 0 Å². The van der Waals surface area contributed by atoms with Crippen LogP contribution in [0.1, 0.15) is 42.4 Å². The molecule has 0 aliphatic carbocycles. The number of carbonyl (C=O) groups is 1. The molecule has 2 saturated heterocycles. The van der Waals surface area contributed by atoms with Crippen molar-refractivity contribution in [3.8, 4) is 0 Å². The van der Waals surface area contributed by atoms with Gasteiger partial charge in [0.1, 0.15) is 5.76 Å². The Morgan fingerprint density at radius 2 is 1.85 bits per heavy atom. The van der Waals surface area contributed by atoms with Gasteiger partial charge in [0.05, 0.1) is 0 Å². The lowest BCUT2D eigenvalue weighted by molar-refractivity contribution is 0.0773. The van der Waals surface area contributed by atoms with Crippen LogP contribution in [0, 0.1) is 11.8 Å². The Morgan fingerprint density at radius 3 is 2.58 bits per heavy atom. The first kappa shape index (κ1) is 17.0. The highest BCUT2D eigenvalue weighted by Crippen LogP contribution is 2.33. The van der Waals surface area contributed by atoms with Gasteiger partial charge in [-0.2, -0.15) is 0 Å². The van der Waals surface area contributed by atoms with Crippen LogP contribution in [0.15, 0.2) is 29.3 Å². The summed E-state index contributed by atoms with van der Waals surface area (Å²) < 4.78 is 5.32. The van der Waals surface area contributed by atoms with Gasteiger partial charge < -0.3 is 14.2 Å². The van der Waals surface area contributed by atoms with Crippen LogP contribution < -0.4 is 4.90 Å². The molecule has 0 radical (unpaired) electrons. The average molecular weight is 355 g/mol. The number of oxazole rings is 1. The lowest BCUT2D eigenvalue weighted by Gasteiger charge is -2.34. The predicted molar refractivity (Wildman–Crippen MR) is 96.9 cm³/mol. The molecule has 0 unspecified atom stereocenters. The summed E-state index contributed by atoms with van der Waals surface area (Å²) in [6, 6.07) is 1.85. The lowest BCUT2D eigenvalue weighted by Crippen LogP contribution is -2.38. The first-order valence-corrected chi connectivity index (χ1v) is 9.50. The van der Waals surface area contributed by atoms with Crippen molar-refractivity contribution in [1.82, 2.24) is 19.9 Å². The second kappa shape index (κ2) is 7.43. The second-order valence-electron chi connectivity index (χ2n) is 7.15. The van der Waals surface area contributed by atoms with E-state index in [1.165, 1.54) is 6.39 Å². The summed E-state index contributed by atoms with van der Waals surface area (Å²) in [4.78, 5) is 29.8. The van der Waals surface area contributed by atoms with Gasteiger partial charge in [0, 0.05) is 45.0 Å². The van der Waals surface area contributed by atoms with Crippen molar-refractivity contribution in [2.45, 2.75) is 32.6 Å². The average Bonchev–Trinajstić information content (AvgIpc) is 3.38. The molecule has 2 aromatic heterocycles. The lowest BCUT2D eigenvalue weighted by atomic mass is 9.84. The number of hydrogen-bond acceptors (Lipinski definition) is 6. The maximum absolute atomic E-state index is 12.7. The molecule has 2 aliphatic heterocycles. The number of rotatable bonds is 4. The number of nitrogens with zero attached hydrogens (tertiary/aromatic N) is 5. The number of carbonyl (C=O) groups excluding carboxylic acids is 1. The van der Waals surface area contributed by atoms with Gasteiger partial charge in [-0.3, -0.25) is 4.79 Å². The molecule has 7 heteroatoms. The molecule has 0 bridgehead atoms. The van der Waals surface area contributed by atoms with E-state index in [0.717, 1.165) is 51.4 Å². The van der Waals surface area contributed by atoms with Crippen LogP contribution in [0.5, 0.6) is 0 Å². The van der Waals surface area contributed by atoms with E-state index in [4.69, 9.17) is 4.42 Å². The van der Waals surface area contributed by atoms with Gasteiger partial charge >= 0.3 is 0 Å². The smallest absolute Gasteiger partial charge is 0.276 e. The standard InChI is InChI=1S/C19H25N5O2/c1-2-16-17(22-13-26-16)18(25)24-11-6-15(12-24)14-4-9-23(10-5-14)19-20-7-3-8-21-19/h3,7-8,13-15H,2,4-6,9-12H2,1H3/t15-/m0/s1. The Morgan fingerprint density at radius 1 is 1.12 bits per heavy atom. The monoisotopic (exact) mass is 355 g/mol. The van der Waals surface area contributed by atoms with E-state index >= 15 is 0 Å². The molecule has 0 spiro atoms. The van der Waals surface area contributed by atoms with Gasteiger partial charge in [-0.05, 0) is 37.2 Å². The van der Waals surface area contributed by atoms with Crippen molar-refractivity contribution in [2.24, 2.45) is 11.8 Å². The summed E-state index contributed by atoms with van der Waals surface area (Å²) in [5.74, 6) is 2.78. The fourth-order valence-electron chi connectivity index (χ4n) is 4.23. The molecule has 138 valence electrons. The van der Waals surface area contributed by atoms with E-state index in [1.54, 1.807) is 12.4 Å². The molecule has 4 rings (SSSR count). The summed E-state index contributed by atoms with van der Waals surface area (Å²) in [7, 11) is 0. The second-order valence-corrected chi connectivity index (χ2v) is 7.15. The van der Waals surface area contributed by atoms with Crippen molar-refractivity contribution < 1.29 is 9.21 Å². The van der Waals surface area contributed by atoms with E-state index in [1.807, 2.05) is 17.9 Å². The van der Waals surface area contributed by atoms with E-state index < -0.39 is 0 Å². The zero-order valence-corrected chi connectivity index (χ0v) is 15.2. The topological polar surface area (TPSA) is 75.4 Å². The molecule has 4 heterocycles. The van der Waals surface area contributed by atoms with E-state index in [-0.39, 0.29) is 5.91 Å². The number of amides is 1. The Kier molecular flexibility index (Phi) is 4.86. The normalized spacial score (nSPS) is 21.3.